The summed E-state index contributed by atoms with van der Waals surface area (Å²) in [6.45, 7) is 3.86. The molecule has 0 aliphatic carbocycles. The lowest BCUT2D eigenvalue weighted by Gasteiger charge is -2.16. The van der Waals surface area contributed by atoms with Crippen LogP contribution in [0, 0.1) is 19.7 Å². The molecule has 0 spiro atoms. The summed E-state index contributed by atoms with van der Waals surface area (Å²) in [4.78, 5) is 4.30. The molecule has 0 aliphatic heterocycles. The van der Waals surface area contributed by atoms with Crippen LogP contribution in [0.2, 0.25) is 5.02 Å². The Bertz CT molecular complexity index is 631. The van der Waals surface area contributed by atoms with Gasteiger partial charge in [0.05, 0.1) is 16.8 Å². The predicted octanol–water partition coefficient (Wildman–Crippen LogP) is 4.30. The molecule has 0 fully saturated rings. The van der Waals surface area contributed by atoms with Crippen LogP contribution in [0.25, 0.3) is 0 Å². The number of hydrogen-bond donors (Lipinski definition) is 1. The van der Waals surface area contributed by atoms with E-state index in [1.54, 1.807) is 18.3 Å². The monoisotopic (exact) mass is 342 g/mol. The summed E-state index contributed by atoms with van der Waals surface area (Å²) in [6, 6.07) is 4.65. The van der Waals surface area contributed by atoms with Gasteiger partial charge in [-0.2, -0.15) is 0 Å². The van der Waals surface area contributed by atoms with Crippen LogP contribution in [-0.2, 0) is 0 Å². The van der Waals surface area contributed by atoms with E-state index in [9.17, 15) is 4.39 Å². The summed E-state index contributed by atoms with van der Waals surface area (Å²) in [7, 11) is 0. The normalized spacial score (nSPS) is 12.5. The van der Waals surface area contributed by atoms with E-state index in [2.05, 4.69) is 20.9 Å². The smallest absolute Gasteiger partial charge is 0.148 e. The third-order valence-electron chi connectivity index (χ3n) is 2.95. The molecule has 2 N–H and O–H groups in total. The minimum Gasteiger partial charge on any atom is -0.319 e. The number of nitrogens with zero attached hydrogens (tertiary/aromatic N) is 1. The van der Waals surface area contributed by atoms with E-state index >= 15 is 0 Å². The first-order valence-corrected chi connectivity index (χ1v) is 6.91. The molecule has 0 saturated heterocycles. The summed E-state index contributed by atoms with van der Waals surface area (Å²) in [5.41, 5.74) is 9.09. The maximum Gasteiger partial charge on any atom is 0.148 e. The van der Waals surface area contributed by atoms with Gasteiger partial charge in [0.1, 0.15) is 5.82 Å². The van der Waals surface area contributed by atoms with Crippen molar-refractivity contribution in [2.75, 3.05) is 0 Å². The van der Waals surface area contributed by atoms with Crippen molar-refractivity contribution in [3.05, 3.63) is 62.1 Å². The molecule has 5 heteroatoms. The summed E-state index contributed by atoms with van der Waals surface area (Å²) in [5.74, 6) is -0.509. The van der Waals surface area contributed by atoms with E-state index in [0.717, 1.165) is 11.1 Å². The molecule has 2 rings (SSSR count). The summed E-state index contributed by atoms with van der Waals surface area (Å²) in [5, 5.41) is 0.0396. The van der Waals surface area contributed by atoms with Gasteiger partial charge in [-0.15, -0.1) is 0 Å². The molecule has 1 atom stereocenters. The van der Waals surface area contributed by atoms with Crippen LogP contribution in [0.1, 0.15) is 28.4 Å². The number of hydrogen-bond acceptors (Lipinski definition) is 2. The number of nitrogens with two attached hydrogens (primary N) is 1. The molecular weight excluding hydrogens is 331 g/mol. The molecule has 0 aliphatic rings. The van der Waals surface area contributed by atoms with Gasteiger partial charge in [0.25, 0.3) is 0 Å². The molecular formula is C14H13BrClFN2. The van der Waals surface area contributed by atoms with Crippen LogP contribution in [0.4, 0.5) is 4.39 Å². The largest absolute Gasteiger partial charge is 0.319 e. The molecule has 100 valence electrons. The fourth-order valence-electron chi connectivity index (χ4n) is 1.98. The Labute approximate surface area is 124 Å². The number of halogens is 3. The van der Waals surface area contributed by atoms with Crippen LogP contribution in [0.15, 0.2) is 28.9 Å². The zero-order chi connectivity index (χ0) is 14.2. The highest BCUT2D eigenvalue weighted by atomic mass is 79.9. The fraction of sp³-hybridized carbons (Fsp3) is 0.214. The van der Waals surface area contributed by atoms with Crippen molar-refractivity contribution in [2.45, 2.75) is 19.9 Å². The SMILES string of the molecule is Cc1cnc(C(N)c2ccc(Br)c(Cl)c2F)c(C)c1. The van der Waals surface area contributed by atoms with E-state index < -0.39 is 11.9 Å². The Balaban J connectivity index is 2.50. The van der Waals surface area contributed by atoms with Crippen LogP contribution in [0.3, 0.4) is 0 Å². The first-order chi connectivity index (χ1) is 8.91. The number of rotatable bonds is 2. The van der Waals surface area contributed by atoms with Crippen molar-refractivity contribution in [1.82, 2.24) is 4.98 Å². The Morgan fingerprint density at radius 3 is 2.68 bits per heavy atom. The summed E-state index contributed by atoms with van der Waals surface area (Å²) < 4.78 is 14.7. The quantitative estimate of drug-likeness (QED) is 0.826. The van der Waals surface area contributed by atoms with Gasteiger partial charge in [0.15, 0.2) is 0 Å². The number of benzene rings is 1. The molecule has 0 amide bonds. The lowest BCUT2D eigenvalue weighted by Crippen LogP contribution is -2.17. The average Bonchev–Trinajstić information content (AvgIpc) is 2.35. The maximum atomic E-state index is 14.1. The maximum absolute atomic E-state index is 14.1. The van der Waals surface area contributed by atoms with E-state index in [4.69, 9.17) is 17.3 Å². The van der Waals surface area contributed by atoms with Gasteiger partial charge < -0.3 is 5.73 Å². The molecule has 2 nitrogen and oxygen atoms in total. The van der Waals surface area contributed by atoms with Crippen molar-refractivity contribution in [3.8, 4) is 0 Å². The Kier molecular flexibility index (Phi) is 4.23. The minimum absolute atomic E-state index is 0.0396. The van der Waals surface area contributed by atoms with E-state index in [0.29, 0.717) is 15.7 Å². The van der Waals surface area contributed by atoms with Crippen molar-refractivity contribution in [2.24, 2.45) is 5.73 Å². The third-order valence-corrected chi connectivity index (χ3v) is 4.21. The summed E-state index contributed by atoms with van der Waals surface area (Å²) in [6.07, 6.45) is 1.72. The highest BCUT2D eigenvalue weighted by Crippen LogP contribution is 2.32. The molecule has 2 aromatic rings. The Morgan fingerprint density at radius 2 is 2.05 bits per heavy atom. The van der Waals surface area contributed by atoms with E-state index in [-0.39, 0.29) is 5.02 Å². The standard InChI is InChI=1S/C14H13BrClFN2/c1-7-5-8(2)14(19-6-7)13(18)9-3-4-10(15)11(16)12(9)17/h3-6,13H,18H2,1-2H3. The van der Waals surface area contributed by atoms with E-state index in [1.807, 2.05) is 19.9 Å². The zero-order valence-corrected chi connectivity index (χ0v) is 12.9. The molecule has 1 unspecified atom stereocenters. The van der Waals surface area contributed by atoms with Gasteiger partial charge in [-0.25, -0.2) is 4.39 Å². The molecule has 0 radical (unpaired) electrons. The second-order valence-corrected chi connectivity index (χ2v) is 5.69. The van der Waals surface area contributed by atoms with E-state index in [1.165, 1.54) is 0 Å². The van der Waals surface area contributed by atoms with Gasteiger partial charge in [0, 0.05) is 16.2 Å². The average molecular weight is 344 g/mol. The van der Waals surface area contributed by atoms with Crippen molar-refractivity contribution < 1.29 is 4.39 Å². The van der Waals surface area contributed by atoms with Gasteiger partial charge in [-0.05, 0) is 47.0 Å². The first-order valence-electron chi connectivity index (χ1n) is 5.74. The van der Waals surface area contributed by atoms with Gasteiger partial charge in [0.2, 0.25) is 0 Å². The topological polar surface area (TPSA) is 38.9 Å². The second-order valence-electron chi connectivity index (χ2n) is 4.46. The molecule has 19 heavy (non-hydrogen) atoms. The molecule has 0 saturated carbocycles. The molecule has 1 heterocycles. The van der Waals surface area contributed by atoms with Crippen LogP contribution >= 0.6 is 27.5 Å². The third kappa shape index (κ3) is 2.81. The number of pyridine rings is 1. The van der Waals surface area contributed by atoms with Crippen molar-refractivity contribution in [1.29, 1.82) is 0 Å². The number of aryl methyl sites for hydroxylation is 2. The van der Waals surface area contributed by atoms with Crippen LogP contribution in [-0.4, -0.2) is 4.98 Å². The number of aromatic nitrogens is 1. The van der Waals surface area contributed by atoms with Crippen LogP contribution in [0.5, 0.6) is 0 Å². The fourth-order valence-corrected chi connectivity index (χ4v) is 2.46. The predicted molar refractivity (Wildman–Crippen MR) is 78.9 cm³/mol. The van der Waals surface area contributed by atoms with Gasteiger partial charge in [-0.3, -0.25) is 4.98 Å². The highest BCUT2D eigenvalue weighted by Gasteiger charge is 2.19. The second kappa shape index (κ2) is 5.57. The highest BCUT2D eigenvalue weighted by molar-refractivity contribution is 9.10. The van der Waals surface area contributed by atoms with Crippen molar-refractivity contribution >= 4 is 27.5 Å². The Hall–Kier alpha value is -0.970. The lowest BCUT2D eigenvalue weighted by molar-refractivity contribution is 0.596. The van der Waals surface area contributed by atoms with Gasteiger partial charge >= 0.3 is 0 Å². The zero-order valence-electron chi connectivity index (χ0n) is 10.5. The van der Waals surface area contributed by atoms with Crippen molar-refractivity contribution in [3.63, 3.8) is 0 Å². The Morgan fingerprint density at radius 1 is 1.37 bits per heavy atom. The molecule has 1 aromatic carbocycles. The minimum atomic E-state index is -0.633. The lowest BCUT2D eigenvalue weighted by atomic mass is 9.99. The van der Waals surface area contributed by atoms with Crippen LogP contribution < -0.4 is 5.73 Å². The first kappa shape index (κ1) is 14.4. The summed E-state index contributed by atoms with van der Waals surface area (Å²) >= 11 is 9.06. The van der Waals surface area contributed by atoms with Gasteiger partial charge in [-0.1, -0.05) is 23.7 Å². The molecule has 0 bridgehead atoms. The molecule has 1 aromatic heterocycles.